The Kier molecular flexibility index (Phi) is 7.85. The van der Waals surface area contributed by atoms with Crippen LogP contribution in [0.1, 0.15) is 53.1 Å². The van der Waals surface area contributed by atoms with Crippen molar-refractivity contribution in [3.63, 3.8) is 0 Å². The zero-order valence-electron chi connectivity index (χ0n) is 16.4. The molecule has 6 heteroatoms. The smallest absolute Gasteiger partial charge is 0.341 e. The van der Waals surface area contributed by atoms with Crippen LogP contribution < -0.4 is 10.1 Å². The van der Waals surface area contributed by atoms with Gasteiger partial charge in [0, 0.05) is 11.3 Å². The Morgan fingerprint density at radius 1 is 1.11 bits per heavy atom. The highest BCUT2D eigenvalue weighted by Crippen LogP contribution is 2.33. The summed E-state index contributed by atoms with van der Waals surface area (Å²) >= 11 is 1.40. The molecule has 1 aromatic carbocycles. The lowest BCUT2D eigenvalue weighted by molar-refractivity contribution is -0.116. The topological polar surface area (TPSA) is 64.6 Å². The van der Waals surface area contributed by atoms with Gasteiger partial charge in [0.2, 0.25) is 5.91 Å². The minimum Gasteiger partial charge on any atom is -0.494 e. The number of rotatable bonds is 9. The number of aryl methyl sites for hydroxylation is 2. The molecule has 146 valence electrons. The number of esters is 1. The lowest BCUT2D eigenvalue weighted by atomic mass is 10.1. The molecule has 2 rings (SSSR count). The molecule has 27 heavy (non-hydrogen) atoms. The maximum Gasteiger partial charge on any atom is 0.341 e. The van der Waals surface area contributed by atoms with Crippen LogP contribution in [0.5, 0.6) is 5.75 Å². The highest BCUT2D eigenvalue weighted by atomic mass is 32.1. The monoisotopic (exact) mass is 389 g/mol. The SMILES string of the molecule is CCOC(=O)c1c(NC(=O)CCCOc2ccc(CC)cc2)sc(C)c1C. The fourth-order valence-corrected chi connectivity index (χ4v) is 3.66. The van der Waals surface area contributed by atoms with Crippen LogP contribution in [0, 0.1) is 13.8 Å². The Morgan fingerprint density at radius 3 is 2.44 bits per heavy atom. The molecule has 0 atom stereocenters. The van der Waals surface area contributed by atoms with Crippen LogP contribution >= 0.6 is 11.3 Å². The van der Waals surface area contributed by atoms with Crippen LogP contribution in [-0.4, -0.2) is 25.1 Å². The summed E-state index contributed by atoms with van der Waals surface area (Å²) in [6, 6.07) is 7.98. The second kappa shape index (κ2) is 10.1. The number of hydrogen-bond acceptors (Lipinski definition) is 5. The Bertz CT molecular complexity index is 780. The quantitative estimate of drug-likeness (QED) is 0.489. The number of anilines is 1. The number of amides is 1. The lowest BCUT2D eigenvalue weighted by Crippen LogP contribution is -2.15. The summed E-state index contributed by atoms with van der Waals surface area (Å²) in [4.78, 5) is 25.4. The molecule has 0 saturated heterocycles. The van der Waals surface area contributed by atoms with Crippen molar-refractivity contribution >= 4 is 28.2 Å². The number of ether oxygens (including phenoxy) is 2. The van der Waals surface area contributed by atoms with E-state index in [9.17, 15) is 9.59 Å². The molecule has 0 unspecified atom stereocenters. The van der Waals surface area contributed by atoms with Gasteiger partial charge in [-0.25, -0.2) is 4.79 Å². The molecule has 1 heterocycles. The van der Waals surface area contributed by atoms with Crippen molar-refractivity contribution in [2.45, 2.75) is 47.0 Å². The van der Waals surface area contributed by atoms with Crippen LogP contribution in [0.2, 0.25) is 0 Å². The van der Waals surface area contributed by atoms with Gasteiger partial charge in [-0.3, -0.25) is 4.79 Å². The fourth-order valence-electron chi connectivity index (χ4n) is 2.60. The summed E-state index contributed by atoms with van der Waals surface area (Å²) in [5.74, 6) is 0.280. The second-order valence-electron chi connectivity index (χ2n) is 6.21. The maximum atomic E-state index is 12.2. The van der Waals surface area contributed by atoms with E-state index >= 15 is 0 Å². The van der Waals surface area contributed by atoms with Gasteiger partial charge >= 0.3 is 5.97 Å². The van der Waals surface area contributed by atoms with Gasteiger partial charge in [0.05, 0.1) is 18.8 Å². The van der Waals surface area contributed by atoms with E-state index < -0.39 is 5.97 Å². The Hall–Kier alpha value is -2.34. The molecule has 1 aromatic heterocycles. The third-order valence-corrected chi connectivity index (χ3v) is 5.39. The first kappa shape index (κ1) is 21.0. The summed E-state index contributed by atoms with van der Waals surface area (Å²) in [7, 11) is 0. The molecule has 0 saturated carbocycles. The number of hydrogen-bond donors (Lipinski definition) is 1. The molecule has 0 aliphatic carbocycles. The highest BCUT2D eigenvalue weighted by Gasteiger charge is 2.21. The molecular formula is C21H27NO4S. The Labute approximate surface area is 164 Å². The first-order valence-corrected chi connectivity index (χ1v) is 10.1. The maximum absolute atomic E-state index is 12.2. The van der Waals surface area contributed by atoms with Crippen molar-refractivity contribution in [1.82, 2.24) is 0 Å². The molecule has 2 aromatic rings. The number of nitrogens with one attached hydrogen (secondary N) is 1. The van der Waals surface area contributed by atoms with Gasteiger partial charge in [-0.05, 0) is 56.9 Å². The molecular weight excluding hydrogens is 362 g/mol. The number of carbonyl (C=O) groups excluding carboxylic acids is 2. The number of thiophene rings is 1. The summed E-state index contributed by atoms with van der Waals surface area (Å²) in [5, 5.41) is 3.41. The second-order valence-corrected chi connectivity index (χ2v) is 7.43. The molecule has 0 spiro atoms. The van der Waals surface area contributed by atoms with E-state index in [-0.39, 0.29) is 5.91 Å². The zero-order valence-corrected chi connectivity index (χ0v) is 17.2. The summed E-state index contributed by atoms with van der Waals surface area (Å²) in [6.45, 7) is 8.43. The van der Waals surface area contributed by atoms with Gasteiger partial charge in [-0.2, -0.15) is 0 Å². The number of benzene rings is 1. The molecule has 5 nitrogen and oxygen atoms in total. The van der Waals surface area contributed by atoms with E-state index in [4.69, 9.17) is 9.47 Å². The Morgan fingerprint density at radius 2 is 1.81 bits per heavy atom. The van der Waals surface area contributed by atoms with Gasteiger partial charge in [-0.15, -0.1) is 11.3 Å². The first-order valence-electron chi connectivity index (χ1n) is 9.24. The van der Waals surface area contributed by atoms with Crippen LogP contribution in [0.25, 0.3) is 0 Å². The van der Waals surface area contributed by atoms with E-state index in [0.29, 0.717) is 36.6 Å². The summed E-state index contributed by atoms with van der Waals surface area (Å²) in [5.41, 5.74) is 2.58. The first-order chi connectivity index (χ1) is 13.0. The van der Waals surface area contributed by atoms with E-state index in [0.717, 1.165) is 22.6 Å². The van der Waals surface area contributed by atoms with Crippen molar-refractivity contribution in [1.29, 1.82) is 0 Å². The van der Waals surface area contributed by atoms with Gasteiger partial charge in [0.1, 0.15) is 10.8 Å². The molecule has 0 bridgehead atoms. The number of carbonyl (C=O) groups is 2. The van der Waals surface area contributed by atoms with Gasteiger partial charge in [0.15, 0.2) is 0 Å². The summed E-state index contributed by atoms with van der Waals surface area (Å²) in [6.07, 6.45) is 1.92. The molecule has 0 aliphatic rings. The molecule has 0 radical (unpaired) electrons. The molecule has 0 fully saturated rings. The van der Waals surface area contributed by atoms with Crippen LogP contribution in [0.3, 0.4) is 0 Å². The van der Waals surface area contributed by atoms with Gasteiger partial charge in [0.25, 0.3) is 0 Å². The van der Waals surface area contributed by atoms with Crippen LogP contribution in [-0.2, 0) is 16.0 Å². The standard InChI is InChI=1S/C21H27NO4S/c1-5-16-9-11-17(12-10-16)26-13-7-8-18(23)22-20-19(21(24)25-6-2)14(3)15(4)27-20/h9-12H,5-8,13H2,1-4H3,(H,22,23). The molecule has 1 N–H and O–H groups in total. The normalized spacial score (nSPS) is 10.5. The zero-order chi connectivity index (χ0) is 19.8. The van der Waals surface area contributed by atoms with Crippen molar-refractivity contribution in [3.8, 4) is 5.75 Å². The third-order valence-electron chi connectivity index (χ3n) is 4.27. The van der Waals surface area contributed by atoms with Crippen LogP contribution in [0.15, 0.2) is 24.3 Å². The minimum absolute atomic E-state index is 0.133. The van der Waals surface area contributed by atoms with E-state index in [1.807, 2.05) is 38.1 Å². The highest BCUT2D eigenvalue weighted by molar-refractivity contribution is 7.16. The van der Waals surface area contributed by atoms with Gasteiger partial charge in [-0.1, -0.05) is 19.1 Å². The fraction of sp³-hybridized carbons (Fsp3) is 0.429. The van der Waals surface area contributed by atoms with Crippen molar-refractivity contribution in [3.05, 3.63) is 45.8 Å². The average Bonchev–Trinajstić information content (AvgIpc) is 2.93. The minimum atomic E-state index is -0.395. The van der Waals surface area contributed by atoms with E-state index in [1.54, 1.807) is 6.92 Å². The van der Waals surface area contributed by atoms with Crippen molar-refractivity contribution in [2.24, 2.45) is 0 Å². The molecule has 0 aliphatic heterocycles. The van der Waals surface area contributed by atoms with Crippen LogP contribution in [0.4, 0.5) is 5.00 Å². The third kappa shape index (κ3) is 5.82. The Balaban J connectivity index is 1.85. The predicted octanol–water partition coefficient (Wildman–Crippen LogP) is 4.90. The average molecular weight is 390 g/mol. The van der Waals surface area contributed by atoms with Crippen molar-refractivity contribution < 1.29 is 19.1 Å². The van der Waals surface area contributed by atoms with E-state index in [1.165, 1.54) is 16.9 Å². The van der Waals surface area contributed by atoms with Gasteiger partial charge < -0.3 is 14.8 Å². The largest absolute Gasteiger partial charge is 0.494 e. The lowest BCUT2D eigenvalue weighted by Gasteiger charge is -2.08. The predicted molar refractivity (Wildman–Crippen MR) is 109 cm³/mol. The van der Waals surface area contributed by atoms with E-state index in [2.05, 4.69) is 12.2 Å². The van der Waals surface area contributed by atoms with Crippen molar-refractivity contribution in [2.75, 3.05) is 18.5 Å². The summed E-state index contributed by atoms with van der Waals surface area (Å²) < 4.78 is 10.8. The molecule has 1 amide bonds.